The summed E-state index contributed by atoms with van der Waals surface area (Å²) in [5.74, 6) is 0.105. The van der Waals surface area contributed by atoms with E-state index in [4.69, 9.17) is 4.42 Å². The Hall–Kier alpha value is -2.76. The van der Waals surface area contributed by atoms with Gasteiger partial charge >= 0.3 is 5.97 Å². The zero-order chi connectivity index (χ0) is 15.9. The van der Waals surface area contributed by atoms with Crippen LogP contribution in [0.3, 0.4) is 0 Å². The van der Waals surface area contributed by atoms with Gasteiger partial charge in [-0.05, 0) is 37.3 Å². The molecule has 0 saturated carbocycles. The van der Waals surface area contributed by atoms with Crippen molar-refractivity contribution >= 4 is 17.6 Å². The molecule has 2 rings (SSSR count). The average molecular weight is 302 g/mol. The van der Waals surface area contributed by atoms with Crippen LogP contribution in [0.25, 0.3) is 0 Å². The number of esters is 1. The maximum Gasteiger partial charge on any atom is 0.337 e. The molecule has 0 aliphatic heterocycles. The first-order valence-corrected chi connectivity index (χ1v) is 6.85. The fourth-order valence-electron chi connectivity index (χ4n) is 1.96. The van der Waals surface area contributed by atoms with E-state index in [9.17, 15) is 9.59 Å². The quantitative estimate of drug-likeness (QED) is 0.801. The Balaban J connectivity index is 1.87. The van der Waals surface area contributed by atoms with Crippen molar-refractivity contribution in [3.05, 3.63) is 54.0 Å². The second-order valence-corrected chi connectivity index (χ2v) is 4.73. The predicted octanol–water partition coefficient (Wildman–Crippen LogP) is 2.36. The minimum atomic E-state index is -0.417. The molecular formula is C16H18N2O4. The van der Waals surface area contributed by atoms with Crippen LogP contribution in [0.2, 0.25) is 0 Å². The molecule has 0 aliphatic rings. The Morgan fingerprint density at radius 2 is 2.09 bits per heavy atom. The van der Waals surface area contributed by atoms with Crippen molar-refractivity contribution in [1.82, 2.24) is 5.32 Å². The number of benzene rings is 1. The molecule has 0 aliphatic carbocycles. The molecule has 0 radical (unpaired) electrons. The molecule has 116 valence electrons. The maximum absolute atomic E-state index is 11.9. The first-order chi connectivity index (χ1) is 10.6. The largest absolute Gasteiger partial charge is 0.467 e. The van der Waals surface area contributed by atoms with E-state index in [2.05, 4.69) is 15.4 Å². The number of nitrogens with one attached hydrogen (secondary N) is 2. The van der Waals surface area contributed by atoms with Gasteiger partial charge in [-0.2, -0.15) is 0 Å². The highest BCUT2D eigenvalue weighted by atomic mass is 16.5. The second kappa shape index (κ2) is 7.31. The van der Waals surface area contributed by atoms with Gasteiger partial charge in [-0.3, -0.25) is 4.79 Å². The molecular weight excluding hydrogens is 284 g/mol. The molecule has 2 aromatic rings. The molecule has 6 nitrogen and oxygen atoms in total. The summed E-state index contributed by atoms with van der Waals surface area (Å²) in [7, 11) is 1.33. The first-order valence-electron chi connectivity index (χ1n) is 6.85. The van der Waals surface area contributed by atoms with Gasteiger partial charge in [0.2, 0.25) is 5.91 Å². The number of anilines is 1. The van der Waals surface area contributed by atoms with Gasteiger partial charge in [-0.15, -0.1) is 0 Å². The molecule has 0 spiro atoms. The number of methoxy groups -OCH3 is 1. The van der Waals surface area contributed by atoms with Crippen molar-refractivity contribution in [1.29, 1.82) is 0 Å². The number of rotatable bonds is 6. The molecule has 1 unspecified atom stereocenters. The standard InChI is InChI=1S/C16H18N2O4/c1-11(14-7-4-8-22-14)18-15(19)10-17-13-6-3-5-12(9-13)16(20)21-2/h3-9,11,17H,10H2,1-2H3,(H,18,19). The highest BCUT2D eigenvalue weighted by Gasteiger charge is 2.12. The monoisotopic (exact) mass is 302 g/mol. The van der Waals surface area contributed by atoms with Crippen molar-refractivity contribution in [3.8, 4) is 0 Å². The molecule has 0 fully saturated rings. The number of amides is 1. The summed E-state index contributed by atoms with van der Waals surface area (Å²) < 4.78 is 9.88. The molecule has 6 heteroatoms. The summed E-state index contributed by atoms with van der Waals surface area (Å²) in [5, 5.41) is 5.78. The summed E-state index contributed by atoms with van der Waals surface area (Å²) in [4.78, 5) is 23.3. The van der Waals surface area contributed by atoms with Gasteiger partial charge in [0, 0.05) is 5.69 Å². The highest BCUT2D eigenvalue weighted by molar-refractivity contribution is 5.90. The van der Waals surface area contributed by atoms with E-state index < -0.39 is 5.97 Å². The number of hydrogen-bond acceptors (Lipinski definition) is 5. The van der Waals surface area contributed by atoms with Gasteiger partial charge in [-0.25, -0.2) is 4.79 Å². The SMILES string of the molecule is COC(=O)c1cccc(NCC(=O)NC(C)c2ccco2)c1. The lowest BCUT2D eigenvalue weighted by molar-refractivity contribution is -0.120. The van der Waals surface area contributed by atoms with Crippen molar-refractivity contribution in [2.24, 2.45) is 0 Å². The van der Waals surface area contributed by atoms with E-state index in [-0.39, 0.29) is 18.5 Å². The summed E-state index contributed by atoms with van der Waals surface area (Å²) in [6, 6.07) is 10.1. The van der Waals surface area contributed by atoms with E-state index in [1.54, 1.807) is 42.7 Å². The van der Waals surface area contributed by atoms with Gasteiger partial charge in [0.25, 0.3) is 0 Å². The Bertz CT molecular complexity index is 637. The smallest absolute Gasteiger partial charge is 0.337 e. The van der Waals surface area contributed by atoms with Crippen molar-refractivity contribution in [2.45, 2.75) is 13.0 Å². The van der Waals surface area contributed by atoms with Crippen LogP contribution >= 0.6 is 0 Å². The van der Waals surface area contributed by atoms with Crippen LogP contribution in [-0.2, 0) is 9.53 Å². The van der Waals surface area contributed by atoms with Crippen LogP contribution in [0, 0.1) is 0 Å². The van der Waals surface area contributed by atoms with Crippen LogP contribution in [-0.4, -0.2) is 25.5 Å². The summed E-state index contributed by atoms with van der Waals surface area (Å²) >= 11 is 0. The van der Waals surface area contributed by atoms with Crippen LogP contribution in [0.4, 0.5) is 5.69 Å². The molecule has 0 bridgehead atoms. The summed E-state index contributed by atoms with van der Waals surface area (Å²) in [6.45, 7) is 1.93. The third-order valence-corrected chi connectivity index (χ3v) is 3.08. The number of ether oxygens (including phenoxy) is 1. The lowest BCUT2D eigenvalue weighted by Gasteiger charge is -2.12. The molecule has 2 N–H and O–H groups in total. The van der Waals surface area contributed by atoms with Gasteiger partial charge in [0.1, 0.15) is 5.76 Å². The Morgan fingerprint density at radius 1 is 1.27 bits per heavy atom. The fraction of sp³-hybridized carbons (Fsp3) is 0.250. The van der Waals surface area contributed by atoms with Crippen LogP contribution in [0.1, 0.15) is 29.1 Å². The molecule has 1 aromatic heterocycles. The zero-order valence-electron chi connectivity index (χ0n) is 12.5. The lowest BCUT2D eigenvalue weighted by Crippen LogP contribution is -2.31. The highest BCUT2D eigenvalue weighted by Crippen LogP contribution is 2.13. The molecule has 1 heterocycles. The summed E-state index contributed by atoms with van der Waals surface area (Å²) in [5.41, 5.74) is 1.10. The normalized spacial score (nSPS) is 11.5. The Morgan fingerprint density at radius 3 is 2.77 bits per heavy atom. The van der Waals surface area contributed by atoms with Crippen LogP contribution < -0.4 is 10.6 Å². The molecule has 22 heavy (non-hydrogen) atoms. The fourth-order valence-corrected chi connectivity index (χ4v) is 1.96. The third kappa shape index (κ3) is 4.12. The van der Waals surface area contributed by atoms with E-state index in [1.165, 1.54) is 7.11 Å². The Labute approximate surface area is 128 Å². The second-order valence-electron chi connectivity index (χ2n) is 4.73. The third-order valence-electron chi connectivity index (χ3n) is 3.08. The van der Waals surface area contributed by atoms with Crippen molar-refractivity contribution in [2.75, 3.05) is 19.0 Å². The predicted molar refractivity (Wildman–Crippen MR) is 81.5 cm³/mol. The molecule has 1 amide bonds. The van der Waals surface area contributed by atoms with Crippen molar-refractivity contribution < 1.29 is 18.7 Å². The average Bonchev–Trinajstić information content (AvgIpc) is 3.07. The lowest BCUT2D eigenvalue weighted by atomic mass is 10.2. The number of furan rings is 1. The minimum absolute atomic E-state index is 0.0929. The van der Waals surface area contributed by atoms with Gasteiger partial charge in [-0.1, -0.05) is 6.07 Å². The first kappa shape index (κ1) is 15.6. The molecule has 1 atom stereocenters. The minimum Gasteiger partial charge on any atom is -0.467 e. The summed E-state index contributed by atoms with van der Waals surface area (Å²) in [6.07, 6.45) is 1.56. The van der Waals surface area contributed by atoms with Crippen LogP contribution in [0.5, 0.6) is 0 Å². The maximum atomic E-state index is 11.9. The number of carbonyl (C=O) groups is 2. The van der Waals surface area contributed by atoms with E-state index in [1.807, 2.05) is 6.92 Å². The van der Waals surface area contributed by atoms with E-state index in [0.29, 0.717) is 17.0 Å². The molecule has 0 saturated heterocycles. The van der Waals surface area contributed by atoms with Gasteiger partial charge in [0.15, 0.2) is 0 Å². The topological polar surface area (TPSA) is 80.6 Å². The van der Waals surface area contributed by atoms with Gasteiger partial charge < -0.3 is 19.8 Å². The van der Waals surface area contributed by atoms with Crippen molar-refractivity contribution in [3.63, 3.8) is 0 Å². The number of hydrogen-bond donors (Lipinski definition) is 2. The zero-order valence-corrected chi connectivity index (χ0v) is 12.5. The Kier molecular flexibility index (Phi) is 5.19. The number of carbonyl (C=O) groups excluding carboxylic acids is 2. The van der Waals surface area contributed by atoms with Gasteiger partial charge in [0.05, 0.1) is 31.5 Å². The van der Waals surface area contributed by atoms with E-state index >= 15 is 0 Å². The van der Waals surface area contributed by atoms with E-state index in [0.717, 1.165) is 0 Å². The molecule has 1 aromatic carbocycles. The van der Waals surface area contributed by atoms with Crippen LogP contribution in [0.15, 0.2) is 47.1 Å².